The van der Waals surface area contributed by atoms with E-state index in [2.05, 4.69) is 10.6 Å². The fourth-order valence-electron chi connectivity index (χ4n) is 2.20. The van der Waals surface area contributed by atoms with Crippen LogP contribution in [-0.2, 0) is 9.59 Å². The number of hydrogen-bond acceptors (Lipinski definition) is 6. The molecule has 0 aliphatic carbocycles. The Morgan fingerprint density at radius 1 is 1.11 bits per heavy atom. The first-order chi connectivity index (χ1) is 11.8. The highest BCUT2D eigenvalue weighted by Gasteiger charge is 2.26. The van der Waals surface area contributed by atoms with Crippen molar-refractivity contribution < 1.29 is 29.0 Å². The molecule has 1 aliphatic rings. The van der Waals surface area contributed by atoms with Crippen molar-refractivity contribution in [1.29, 1.82) is 0 Å². The second-order valence-electron chi connectivity index (χ2n) is 5.03. The van der Waals surface area contributed by atoms with Crippen LogP contribution in [0.4, 0.5) is 0 Å². The number of phenols is 1. The van der Waals surface area contributed by atoms with Crippen LogP contribution in [-0.4, -0.2) is 41.5 Å². The molecule has 1 aliphatic heterocycles. The number of carbonyl (C=O) groups excluding carboxylic acids is 2. The monoisotopic (exact) mass is 385 g/mol. The molecular formula is C17H14BN2O6S. The molecule has 0 atom stereocenters. The Morgan fingerprint density at radius 3 is 2.30 bits per heavy atom. The van der Waals surface area contributed by atoms with Crippen LogP contribution in [0.15, 0.2) is 40.3 Å². The van der Waals surface area contributed by atoms with Gasteiger partial charge in [-0.3, -0.25) is 20.2 Å². The third kappa shape index (κ3) is 4.42. The topological polar surface area (TPSA) is 129 Å². The quantitative estimate of drug-likeness (QED) is 0.273. The highest BCUT2D eigenvalue weighted by atomic mass is 32.1. The molecule has 8 nitrogen and oxygen atoms in total. The SMILES string of the molecule is C.O=C1NC(=S)NC(=O)C1=Cc1ccc(-c2ccc(C(=O)O)c(O)c2)o1.[B]. The Hall–Kier alpha value is -3.40. The fourth-order valence-corrected chi connectivity index (χ4v) is 2.39. The average Bonchev–Trinajstić information content (AvgIpc) is 2.99. The van der Waals surface area contributed by atoms with E-state index in [9.17, 15) is 19.5 Å². The Kier molecular flexibility index (Phi) is 6.67. The normalized spacial score (nSPS) is 13.0. The van der Waals surface area contributed by atoms with Crippen molar-refractivity contribution in [1.82, 2.24) is 10.6 Å². The van der Waals surface area contributed by atoms with Gasteiger partial charge in [0.25, 0.3) is 11.8 Å². The molecule has 1 fully saturated rings. The second kappa shape index (κ2) is 8.32. The van der Waals surface area contributed by atoms with E-state index >= 15 is 0 Å². The van der Waals surface area contributed by atoms with Gasteiger partial charge in [0.2, 0.25) is 0 Å². The average molecular weight is 385 g/mol. The van der Waals surface area contributed by atoms with Gasteiger partial charge in [-0.05, 0) is 42.6 Å². The Balaban J connectivity index is 0.00000182. The number of rotatable bonds is 3. The molecule has 1 saturated heterocycles. The van der Waals surface area contributed by atoms with Gasteiger partial charge in [-0.25, -0.2) is 4.79 Å². The van der Waals surface area contributed by atoms with Crippen LogP contribution in [0.5, 0.6) is 5.75 Å². The molecule has 1 aromatic heterocycles. The van der Waals surface area contributed by atoms with E-state index in [1.807, 2.05) is 0 Å². The number of amides is 2. The van der Waals surface area contributed by atoms with Crippen LogP contribution in [0.1, 0.15) is 23.5 Å². The molecule has 27 heavy (non-hydrogen) atoms. The molecule has 1 aromatic carbocycles. The molecule has 0 unspecified atom stereocenters. The van der Waals surface area contributed by atoms with Crippen molar-refractivity contribution >= 4 is 49.6 Å². The number of furan rings is 1. The molecule has 3 radical (unpaired) electrons. The molecule has 0 spiro atoms. The van der Waals surface area contributed by atoms with Crippen molar-refractivity contribution in [3.05, 3.63) is 47.2 Å². The standard InChI is InChI=1S/C16H10N2O6S.CH4.B/c19-11-5-7(1-3-9(11)15(22)23)12-4-2-8(24-12)6-10-13(20)17-16(25)18-14(10)21;;/h1-6,19H,(H,22,23)(H2,17,18,20,21,25);1H4;. The summed E-state index contributed by atoms with van der Waals surface area (Å²) >= 11 is 4.71. The smallest absolute Gasteiger partial charge is 0.339 e. The summed E-state index contributed by atoms with van der Waals surface area (Å²) in [5.74, 6) is -2.39. The summed E-state index contributed by atoms with van der Waals surface area (Å²) in [4.78, 5) is 34.5. The minimum atomic E-state index is -1.25. The van der Waals surface area contributed by atoms with E-state index in [1.165, 1.54) is 30.3 Å². The first-order valence-electron chi connectivity index (χ1n) is 6.90. The highest BCUT2D eigenvalue weighted by Crippen LogP contribution is 2.28. The van der Waals surface area contributed by atoms with Gasteiger partial charge < -0.3 is 14.6 Å². The van der Waals surface area contributed by atoms with E-state index in [0.29, 0.717) is 11.3 Å². The van der Waals surface area contributed by atoms with Crippen LogP contribution in [0.25, 0.3) is 17.4 Å². The predicted molar refractivity (Wildman–Crippen MR) is 102 cm³/mol. The number of nitrogens with one attached hydrogen (secondary N) is 2. The first kappa shape index (κ1) is 21.6. The van der Waals surface area contributed by atoms with Gasteiger partial charge in [-0.15, -0.1) is 0 Å². The molecule has 0 bridgehead atoms. The summed E-state index contributed by atoms with van der Waals surface area (Å²) < 4.78 is 5.52. The molecule has 2 heterocycles. The van der Waals surface area contributed by atoms with E-state index < -0.39 is 23.5 Å². The van der Waals surface area contributed by atoms with Gasteiger partial charge >= 0.3 is 5.97 Å². The number of hydrogen-bond donors (Lipinski definition) is 4. The first-order valence-corrected chi connectivity index (χ1v) is 7.31. The van der Waals surface area contributed by atoms with Crippen LogP contribution < -0.4 is 10.6 Å². The number of benzene rings is 1. The predicted octanol–water partition coefficient (Wildman–Crippen LogP) is 1.52. The lowest BCUT2D eigenvalue weighted by Gasteiger charge is -2.15. The van der Waals surface area contributed by atoms with E-state index in [0.717, 1.165) is 0 Å². The molecule has 10 heteroatoms. The van der Waals surface area contributed by atoms with Gasteiger partial charge in [0.05, 0.1) is 0 Å². The lowest BCUT2D eigenvalue weighted by molar-refractivity contribution is -0.123. The Bertz CT molecular complexity index is 944. The van der Waals surface area contributed by atoms with Gasteiger partial charge in [0, 0.05) is 14.0 Å². The van der Waals surface area contributed by atoms with E-state index in [1.54, 1.807) is 6.07 Å². The highest BCUT2D eigenvalue weighted by molar-refractivity contribution is 7.80. The lowest BCUT2D eigenvalue weighted by atomic mass is 10.1. The molecule has 4 N–H and O–H groups in total. The summed E-state index contributed by atoms with van der Waals surface area (Å²) in [6.45, 7) is 0. The maximum absolute atomic E-state index is 11.8. The van der Waals surface area contributed by atoms with Crippen LogP contribution >= 0.6 is 12.2 Å². The number of carboxylic acids is 1. The zero-order valence-corrected chi connectivity index (χ0v) is 13.8. The Morgan fingerprint density at radius 2 is 1.74 bits per heavy atom. The number of thiocarbonyl (C=S) groups is 1. The third-order valence-corrected chi connectivity index (χ3v) is 3.57. The van der Waals surface area contributed by atoms with Crippen molar-refractivity contribution in [2.45, 2.75) is 7.43 Å². The van der Waals surface area contributed by atoms with Crippen molar-refractivity contribution in [2.24, 2.45) is 0 Å². The fraction of sp³-hybridized carbons (Fsp3) is 0.0588. The molecule has 137 valence electrons. The van der Waals surface area contributed by atoms with E-state index in [4.69, 9.17) is 21.7 Å². The summed E-state index contributed by atoms with van der Waals surface area (Å²) in [5.41, 5.74) is 0.0358. The number of carbonyl (C=O) groups is 3. The third-order valence-electron chi connectivity index (χ3n) is 3.37. The van der Waals surface area contributed by atoms with Gasteiger partial charge in [-0.1, -0.05) is 13.5 Å². The van der Waals surface area contributed by atoms with Crippen molar-refractivity contribution in [2.75, 3.05) is 0 Å². The number of aromatic carboxylic acids is 1. The minimum Gasteiger partial charge on any atom is -0.507 e. The van der Waals surface area contributed by atoms with E-state index in [-0.39, 0.29) is 37.8 Å². The molecule has 3 rings (SSSR count). The molecule has 2 amide bonds. The second-order valence-corrected chi connectivity index (χ2v) is 5.44. The minimum absolute atomic E-state index is 0. The van der Waals surface area contributed by atoms with Gasteiger partial charge in [-0.2, -0.15) is 0 Å². The van der Waals surface area contributed by atoms with Crippen molar-refractivity contribution in [3.8, 4) is 17.1 Å². The number of carboxylic acid groups (broad SMARTS) is 1. The van der Waals surface area contributed by atoms with Gasteiger partial charge in [0.15, 0.2) is 5.11 Å². The van der Waals surface area contributed by atoms with Gasteiger partial charge in [0.1, 0.15) is 28.4 Å². The largest absolute Gasteiger partial charge is 0.507 e. The summed E-state index contributed by atoms with van der Waals surface area (Å²) in [6, 6.07) is 7.05. The summed E-state index contributed by atoms with van der Waals surface area (Å²) in [5, 5.41) is 23.2. The number of aromatic hydroxyl groups is 1. The zero-order valence-electron chi connectivity index (χ0n) is 13.0. The maximum atomic E-state index is 11.8. The summed E-state index contributed by atoms with van der Waals surface area (Å²) in [6.07, 6.45) is 1.25. The van der Waals surface area contributed by atoms with Crippen LogP contribution in [0.3, 0.4) is 0 Å². The molecule has 2 aromatic rings. The molecule has 0 saturated carbocycles. The zero-order chi connectivity index (χ0) is 18.1. The van der Waals surface area contributed by atoms with Crippen LogP contribution in [0.2, 0.25) is 0 Å². The summed E-state index contributed by atoms with van der Waals surface area (Å²) in [7, 11) is 0. The maximum Gasteiger partial charge on any atom is 0.339 e. The van der Waals surface area contributed by atoms with Crippen LogP contribution in [0, 0.1) is 0 Å². The van der Waals surface area contributed by atoms with Crippen molar-refractivity contribution in [3.63, 3.8) is 0 Å². The Labute approximate surface area is 161 Å². The lowest BCUT2D eigenvalue weighted by Crippen LogP contribution is -2.51. The molecular weight excluding hydrogens is 371 g/mol.